The van der Waals surface area contributed by atoms with E-state index in [2.05, 4.69) is 26.1 Å². The van der Waals surface area contributed by atoms with E-state index in [-0.39, 0.29) is 18.1 Å². The molecule has 2 aromatic rings. The lowest BCUT2D eigenvalue weighted by atomic mass is 10.1. The molecule has 2 bridgehead atoms. The maximum Gasteiger partial charge on any atom is 0.272 e. The van der Waals surface area contributed by atoms with Gasteiger partial charge in [-0.25, -0.2) is 0 Å². The summed E-state index contributed by atoms with van der Waals surface area (Å²) in [6, 6.07) is 9.70. The monoisotopic (exact) mass is 361 g/mol. The summed E-state index contributed by atoms with van der Waals surface area (Å²) in [6.07, 6.45) is 2.52. The third kappa shape index (κ3) is 2.57. The summed E-state index contributed by atoms with van der Waals surface area (Å²) in [5.41, 5.74) is 2.31. The number of nitrogens with one attached hydrogen (secondary N) is 1. The lowest BCUT2D eigenvalue weighted by Gasteiger charge is -2.31. The second-order valence-corrected chi connectivity index (χ2v) is 6.76. The van der Waals surface area contributed by atoms with Crippen molar-refractivity contribution < 1.29 is 9.53 Å². The molecule has 0 radical (unpaired) electrons. The molecule has 0 spiro atoms. The molecule has 0 saturated carbocycles. The molecule has 0 aliphatic carbocycles. The first-order valence-corrected chi connectivity index (χ1v) is 8.24. The molecule has 1 amide bonds. The van der Waals surface area contributed by atoms with Gasteiger partial charge in [0.1, 0.15) is 5.69 Å². The summed E-state index contributed by atoms with van der Waals surface area (Å²) < 4.78 is 6.80. The van der Waals surface area contributed by atoms with Crippen molar-refractivity contribution in [2.45, 2.75) is 25.0 Å². The second kappa shape index (κ2) is 5.52. The van der Waals surface area contributed by atoms with Crippen molar-refractivity contribution in [3.8, 4) is 11.3 Å². The predicted octanol–water partition coefficient (Wildman–Crippen LogP) is 2.84. The molecule has 6 heteroatoms. The third-order valence-corrected chi connectivity index (χ3v) is 4.81. The van der Waals surface area contributed by atoms with Gasteiger partial charge in [-0.15, -0.1) is 0 Å². The van der Waals surface area contributed by atoms with Crippen LogP contribution in [0.4, 0.5) is 0 Å². The van der Waals surface area contributed by atoms with Crippen LogP contribution in [0.15, 0.2) is 34.8 Å². The minimum Gasteiger partial charge on any atom is -0.371 e. The Bertz CT molecular complexity index is 686. The number of carbonyl (C=O) groups is 1. The minimum absolute atomic E-state index is 0.0102. The fourth-order valence-electron chi connectivity index (χ4n) is 3.15. The fraction of sp³-hybridized carbons (Fsp3) is 0.375. The molecule has 2 unspecified atom stereocenters. The van der Waals surface area contributed by atoms with Crippen molar-refractivity contribution in [1.82, 2.24) is 15.1 Å². The topological polar surface area (TPSA) is 58.2 Å². The number of carbonyl (C=O) groups excluding carboxylic acids is 1. The fourth-order valence-corrected chi connectivity index (χ4v) is 3.42. The van der Waals surface area contributed by atoms with Gasteiger partial charge in [-0.1, -0.05) is 28.1 Å². The van der Waals surface area contributed by atoms with Crippen LogP contribution < -0.4 is 0 Å². The van der Waals surface area contributed by atoms with Crippen molar-refractivity contribution in [3.05, 3.63) is 40.5 Å². The average Bonchev–Trinajstić information content (AvgIpc) is 3.14. The number of likely N-dealkylation sites (tertiary alicyclic amines) is 1. The number of fused-ring (bicyclic) bond motifs is 2. The van der Waals surface area contributed by atoms with Gasteiger partial charge in [0, 0.05) is 23.1 Å². The number of H-pyrrole nitrogens is 1. The average molecular weight is 362 g/mol. The Hall–Kier alpha value is -1.66. The Morgan fingerprint density at radius 1 is 1.23 bits per heavy atom. The molecule has 2 aliphatic heterocycles. The maximum atomic E-state index is 12.6. The molecule has 2 fully saturated rings. The molecule has 1 N–H and O–H groups in total. The largest absolute Gasteiger partial charge is 0.371 e. The van der Waals surface area contributed by atoms with Crippen molar-refractivity contribution >= 4 is 21.8 Å². The van der Waals surface area contributed by atoms with Crippen LogP contribution in [0.1, 0.15) is 23.3 Å². The number of nitrogens with zero attached hydrogens (tertiary/aromatic N) is 2. The van der Waals surface area contributed by atoms with Crippen LogP contribution in [0, 0.1) is 0 Å². The summed E-state index contributed by atoms with van der Waals surface area (Å²) >= 11 is 3.41. The van der Waals surface area contributed by atoms with Gasteiger partial charge in [0.2, 0.25) is 0 Å². The summed E-state index contributed by atoms with van der Waals surface area (Å²) in [5, 5.41) is 7.14. The van der Waals surface area contributed by atoms with Crippen LogP contribution in [0.25, 0.3) is 11.3 Å². The molecular weight excluding hydrogens is 346 g/mol. The predicted molar refractivity (Wildman–Crippen MR) is 85.5 cm³/mol. The van der Waals surface area contributed by atoms with Crippen LogP contribution in [-0.4, -0.2) is 46.3 Å². The first kappa shape index (κ1) is 14.0. The molecule has 22 heavy (non-hydrogen) atoms. The highest BCUT2D eigenvalue weighted by Crippen LogP contribution is 2.27. The number of benzene rings is 1. The van der Waals surface area contributed by atoms with Crippen LogP contribution in [0.3, 0.4) is 0 Å². The Balaban J connectivity index is 1.53. The molecule has 2 atom stereocenters. The van der Waals surface area contributed by atoms with Gasteiger partial charge < -0.3 is 9.64 Å². The lowest BCUT2D eigenvalue weighted by Crippen LogP contribution is -2.45. The number of aromatic nitrogens is 2. The molecule has 1 aromatic carbocycles. The zero-order valence-corrected chi connectivity index (χ0v) is 13.5. The number of ether oxygens (including phenoxy) is 1. The standard InChI is InChI=1S/C16H16BrN3O2/c17-11-3-1-10(2-4-11)14-7-15(19-18-14)16(21)20-8-12-5-6-13(9-20)22-12/h1-4,7,12-13H,5-6,8-9H2,(H,18,19). The normalized spacial score (nSPS) is 23.8. The molecule has 2 aliphatic rings. The highest BCUT2D eigenvalue weighted by Gasteiger charge is 2.36. The number of rotatable bonds is 2. The Morgan fingerprint density at radius 3 is 2.59 bits per heavy atom. The molecule has 3 heterocycles. The Morgan fingerprint density at radius 2 is 1.91 bits per heavy atom. The van der Waals surface area contributed by atoms with Gasteiger partial charge in [-0.05, 0) is 31.0 Å². The molecule has 4 rings (SSSR count). The number of amides is 1. The molecule has 2 saturated heterocycles. The highest BCUT2D eigenvalue weighted by atomic mass is 79.9. The van der Waals surface area contributed by atoms with Gasteiger partial charge in [-0.3, -0.25) is 9.89 Å². The second-order valence-electron chi connectivity index (χ2n) is 5.84. The van der Waals surface area contributed by atoms with E-state index >= 15 is 0 Å². The number of halogens is 1. The Labute approximate surface area is 136 Å². The van der Waals surface area contributed by atoms with Gasteiger partial charge in [0.25, 0.3) is 5.91 Å². The van der Waals surface area contributed by atoms with E-state index in [0.717, 1.165) is 28.6 Å². The molecule has 1 aromatic heterocycles. The number of aromatic amines is 1. The van der Waals surface area contributed by atoms with Crippen molar-refractivity contribution in [3.63, 3.8) is 0 Å². The van der Waals surface area contributed by atoms with Gasteiger partial charge in [0.15, 0.2) is 0 Å². The van der Waals surface area contributed by atoms with Crippen LogP contribution in [-0.2, 0) is 4.74 Å². The van der Waals surface area contributed by atoms with E-state index in [4.69, 9.17) is 4.74 Å². The van der Waals surface area contributed by atoms with Gasteiger partial charge in [-0.2, -0.15) is 5.10 Å². The Kier molecular flexibility index (Phi) is 3.50. The van der Waals surface area contributed by atoms with Crippen molar-refractivity contribution in [2.24, 2.45) is 0 Å². The highest BCUT2D eigenvalue weighted by molar-refractivity contribution is 9.10. The minimum atomic E-state index is 0.0102. The zero-order chi connectivity index (χ0) is 15.1. The number of hydrogen-bond donors (Lipinski definition) is 1. The van der Waals surface area contributed by atoms with E-state index in [9.17, 15) is 4.79 Å². The van der Waals surface area contributed by atoms with Crippen molar-refractivity contribution in [1.29, 1.82) is 0 Å². The van der Waals surface area contributed by atoms with Gasteiger partial charge in [0.05, 0.1) is 17.9 Å². The number of hydrogen-bond acceptors (Lipinski definition) is 3. The third-order valence-electron chi connectivity index (χ3n) is 4.28. The number of morpholine rings is 1. The smallest absolute Gasteiger partial charge is 0.272 e. The van der Waals surface area contributed by atoms with E-state index < -0.39 is 0 Å². The molecule has 114 valence electrons. The summed E-state index contributed by atoms with van der Waals surface area (Å²) in [6.45, 7) is 1.37. The van der Waals surface area contributed by atoms with Crippen molar-refractivity contribution in [2.75, 3.05) is 13.1 Å². The quantitative estimate of drug-likeness (QED) is 0.894. The zero-order valence-electron chi connectivity index (χ0n) is 12.0. The summed E-state index contributed by atoms with van der Waals surface area (Å²) in [5.74, 6) is 0.0102. The first-order valence-electron chi connectivity index (χ1n) is 7.45. The van der Waals surface area contributed by atoms with E-state index in [1.54, 1.807) is 0 Å². The SMILES string of the molecule is O=C(c1cc(-c2ccc(Br)cc2)n[nH]1)N1CC2CCC(C1)O2. The van der Waals surface area contributed by atoms with E-state index in [0.29, 0.717) is 18.8 Å². The van der Waals surface area contributed by atoms with Crippen LogP contribution in [0.2, 0.25) is 0 Å². The van der Waals surface area contributed by atoms with Crippen LogP contribution >= 0.6 is 15.9 Å². The van der Waals surface area contributed by atoms with E-state index in [1.165, 1.54) is 0 Å². The molecular formula is C16H16BrN3O2. The van der Waals surface area contributed by atoms with Crippen LogP contribution in [0.5, 0.6) is 0 Å². The lowest BCUT2D eigenvalue weighted by molar-refractivity contribution is -0.0305. The first-order chi connectivity index (χ1) is 10.7. The van der Waals surface area contributed by atoms with Gasteiger partial charge >= 0.3 is 0 Å². The summed E-state index contributed by atoms with van der Waals surface area (Å²) in [4.78, 5) is 14.5. The maximum absolute atomic E-state index is 12.6. The molecule has 5 nitrogen and oxygen atoms in total. The van der Waals surface area contributed by atoms with E-state index in [1.807, 2.05) is 35.2 Å². The summed E-state index contributed by atoms with van der Waals surface area (Å²) in [7, 11) is 0.